The van der Waals surface area contributed by atoms with Crippen LogP contribution in [-0.2, 0) is 4.79 Å². The monoisotopic (exact) mass is 227 g/mol. The van der Waals surface area contributed by atoms with E-state index in [1.165, 1.54) is 0 Å². The van der Waals surface area contributed by atoms with Gasteiger partial charge in [0.1, 0.15) is 6.17 Å². The number of halogens is 1. The largest absolute Gasteiger partial charge is 0.481 e. The van der Waals surface area contributed by atoms with E-state index in [0.29, 0.717) is 6.54 Å². The quantitative estimate of drug-likeness (QED) is 0.766. The first-order chi connectivity index (χ1) is 7.60. The van der Waals surface area contributed by atoms with Gasteiger partial charge in [-0.05, 0) is 54.9 Å². The molecule has 3 nitrogen and oxygen atoms in total. The van der Waals surface area contributed by atoms with E-state index in [1.807, 2.05) is 0 Å². The van der Waals surface area contributed by atoms with Gasteiger partial charge in [0.25, 0.3) is 0 Å². The number of fused-ring (bicyclic) bond motifs is 1. The number of carboxylic acid groups (broad SMARTS) is 1. The van der Waals surface area contributed by atoms with Crippen molar-refractivity contribution in [1.82, 2.24) is 0 Å². The van der Waals surface area contributed by atoms with E-state index in [4.69, 9.17) is 10.8 Å². The molecule has 6 atom stereocenters. The van der Waals surface area contributed by atoms with Crippen molar-refractivity contribution in [3.8, 4) is 0 Å². The van der Waals surface area contributed by atoms with E-state index in [9.17, 15) is 9.18 Å². The summed E-state index contributed by atoms with van der Waals surface area (Å²) in [4.78, 5) is 11.0. The van der Waals surface area contributed by atoms with Gasteiger partial charge in [-0.3, -0.25) is 4.79 Å². The minimum Gasteiger partial charge on any atom is -0.481 e. The molecule has 0 radical (unpaired) electrons. The number of carbonyl (C=O) groups is 1. The van der Waals surface area contributed by atoms with E-state index < -0.39 is 12.1 Å². The lowest BCUT2D eigenvalue weighted by molar-refractivity contribution is -0.163. The van der Waals surface area contributed by atoms with Crippen LogP contribution in [0.3, 0.4) is 0 Å². The minimum atomic E-state index is -0.783. The second-order valence-corrected chi connectivity index (χ2v) is 5.82. The van der Waals surface area contributed by atoms with Gasteiger partial charge >= 0.3 is 5.97 Å². The summed E-state index contributed by atoms with van der Waals surface area (Å²) in [5.41, 5.74) is 5.53. The van der Waals surface area contributed by atoms with Gasteiger partial charge in [0.2, 0.25) is 0 Å². The molecule has 0 aromatic heterocycles. The van der Waals surface area contributed by atoms with Crippen LogP contribution in [0.4, 0.5) is 4.39 Å². The Labute approximate surface area is 94.2 Å². The molecule has 0 saturated heterocycles. The predicted octanol–water partition coefficient (Wildman–Crippen LogP) is 1.42. The van der Waals surface area contributed by atoms with Crippen molar-refractivity contribution in [3.05, 3.63) is 0 Å². The summed E-state index contributed by atoms with van der Waals surface area (Å²) in [6, 6.07) is 0. The summed E-state index contributed by atoms with van der Waals surface area (Å²) in [7, 11) is 0. The maximum Gasteiger partial charge on any atom is 0.303 e. The van der Waals surface area contributed by atoms with Gasteiger partial charge in [-0.25, -0.2) is 4.39 Å². The van der Waals surface area contributed by atoms with Crippen molar-refractivity contribution in [2.75, 3.05) is 6.54 Å². The zero-order chi connectivity index (χ0) is 11.5. The fourth-order valence-electron chi connectivity index (χ4n) is 4.88. The molecule has 3 saturated carbocycles. The Hall–Kier alpha value is -0.640. The maximum absolute atomic E-state index is 13.9. The number of nitrogens with two attached hydrogens (primary N) is 1. The smallest absolute Gasteiger partial charge is 0.303 e. The lowest BCUT2D eigenvalue weighted by Gasteiger charge is -2.59. The number of hydrogen-bond acceptors (Lipinski definition) is 2. The molecule has 90 valence electrons. The minimum absolute atomic E-state index is 0.127. The first-order valence-corrected chi connectivity index (χ1v) is 6.16. The van der Waals surface area contributed by atoms with Crippen molar-refractivity contribution in [1.29, 1.82) is 0 Å². The molecule has 3 aliphatic carbocycles. The van der Waals surface area contributed by atoms with Crippen LogP contribution in [0.1, 0.15) is 25.7 Å². The number of aliphatic carboxylic acids is 1. The molecule has 3 fully saturated rings. The molecule has 0 aromatic carbocycles. The molecule has 0 spiro atoms. The molecule has 3 rings (SSSR count). The average Bonchev–Trinajstić information content (AvgIpc) is 2.44. The molecule has 4 heteroatoms. The zero-order valence-electron chi connectivity index (χ0n) is 9.23. The molecule has 6 unspecified atom stereocenters. The Morgan fingerprint density at radius 1 is 1.44 bits per heavy atom. The normalized spacial score (nSPS) is 53.5. The van der Waals surface area contributed by atoms with Crippen LogP contribution in [0.15, 0.2) is 0 Å². The number of hydrogen-bond donors (Lipinski definition) is 2. The van der Waals surface area contributed by atoms with Gasteiger partial charge in [0.15, 0.2) is 0 Å². The van der Waals surface area contributed by atoms with Crippen molar-refractivity contribution >= 4 is 5.97 Å². The second-order valence-electron chi connectivity index (χ2n) is 5.82. The van der Waals surface area contributed by atoms with Crippen molar-refractivity contribution in [3.63, 3.8) is 0 Å². The van der Waals surface area contributed by atoms with Crippen LogP contribution < -0.4 is 5.73 Å². The van der Waals surface area contributed by atoms with Crippen LogP contribution in [0.2, 0.25) is 0 Å². The van der Waals surface area contributed by atoms with E-state index >= 15 is 0 Å². The zero-order valence-corrected chi connectivity index (χ0v) is 9.23. The standard InChI is InChI=1S/C12H18FNO2/c13-11-6-1-2-7-10(11)8(3-6)12(7,5-14)4-9(15)16/h6-8,10-11H,1-5,14H2,(H,15,16). The Balaban J connectivity index is 1.90. The SMILES string of the molecule is NCC1(CC(=O)O)C2CCC3CC1C2C3F. The summed E-state index contributed by atoms with van der Waals surface area (Å²) in [6.07, 6.45) is 2.23. The third-order valence-electron chi connectivity index (χ3n) is 5.49. The van der Waals surface area contributed by atoms with E-state index in [2.05, 4.69) is 0 Å². The first kappa shape index (κ1) is 10.5. The molecule has 0 aromatic rings. The molecule has 0 heterocycles. The Bertz CT molecular complexity index is 327. The molecule has 3 N–H and O–H groups in total. The lowest BCUT2D eigenvalue weighted by Crippen LogP contribution is -2.61. The number of rotatable bonds is 3. The summed E-state index contributed by atoms with van der Waals surface area (Å²) >= 11 is 0. The summed E-state index contributed by atoms with van der Waals surface area (Å²) in [5, 5.41) is 9.01. The van der Waals surface area contributed by atoms with Crippen LogP contribution >= 0.6 is 0 Å². The van der Waals surface area contributed by atoms with Gasteiger partial charge < -0.3 is 10.8 Å². The van der Waals surface area contributed by atoms with Gasteiger partial charge in [-0.15, -0.1) is 0 Å². The Morgan fingerprint density at radius 3 is 2.81 bits per heavy atom. The first-order valence-electron chi connectivity index (χ1n) is 6.16. The van der Waals surface area contributed by atoms with E-state index in [-0.39, 0.29) is 35.5 Å². The van der Waals surface area contributed by atoms with Crippen LogP contribution in [0.5, 0.6) is 0 Å². The Morgan fingerprint density at radius 2 is 2.19 bits per heavy atom. The van der Waals surface area contributed by atoms with Gasteiger partial charge in [0.05, 0.1) is 6.42 Å². The average molecular weight is 227 g/mol. The number of alkyl halides is 1. The van der Waals surface area contributed by atoms with Gasteiger partial charge in [-0.2, -0.15) is 0 Å². The third-order valence-corrected chi connectivity index (χ3v) is 5.49. The molecule has 0 aliphatic heterocycles. The highest BCUT2D eigenvalue weighted by Gasteiger charge is 2.69. The highest BCUT2D eigenvalue weighted by molar-refractivity contribution is 5.68. The lowest BCUT2D eigenvalue weighted by atomic mass is 9.45. The van der Waals surface area contributed by atoms with Gasteiger partial charge in [0, 0.05) is 0 Å². The highest BCUT2D eigenvalue weighted by atomic mass is 19.1. The van der Waals surface area contributed by atoms with E-state index in [0.717, 1.165) is 19.3 Å². The van der Waals surface area contributed by atoms with Crippen LogP contribution in [0.25, 0.3) is 0 Å². The fourth-order valence-corrected chi connectivity index (χ4v) is 4.88. The van der Waals surface area contributed by atoms with Crippen molar-refractivity contribution in [2.24, 2.45) is 34.8 Å². The highest BCUT2D eigenvalue weighted by Crippen LogP contribution is 2.70. The molecule has 0 amide bonds. The molecular weight excluding hydrogens is 209 g/mol. The number of carboxylic acids is 1. The summed E-state index contributed by atoms with van der Waals surface area (Å²) < 4.78 is 13.9. The van der Waals surface area contributed by atoms with Gasteiger partial charge in [-0.1, -0.05) is 0 Å². The molecule has 16 heavy (non-hydrogen) atoms. The van der Waals surface area contributed by atoms with Crippen LogP contribution in [-0.4, -0.2) is 23.8 Å². The van der Waals surface area contributed by atoms with Crippen LogP contribution in [0, 0.1) is 29.1 Å². The van der Waals surface area contributed by atoms with E-state index in [1.54, 1.807) is 0 Å². The fraction of sp³-hybridized carbons (Fsp3) is 0.917. The second kappa shape index (κ2) is 3.19. The summed E-state index contributed by atoms with van der Waals surface area (Å²) in [6.45, 7) is 0.407. The molecule has 2 bridgehead atoms. The topological polar surface area (TPSA) is 63.3 Å². The summed E-state index contributed by atoms with van der Waals surface area (Å²) in [5.74, 6) is -0.00164. The third kappa shape index (κ3) is 1.04. The van der Waals surface area contributed by atoms with Crippen molar-refractivity contribution in [2.45, 2.75) is 31.9 Å². The molecular formula is C12H18FNO2. The van der Waals surface area contributed by atoms with Crippen molar-refractivity contribution < 1.29 is 14.3 Å². The predicted molar refractivity (Wildman–Crippen MR) is 56.4 cm³/mol. The maximum atomic E-state index is 13.9. The molecule has 3 aliphatic rings. The Kier molecular flexibility index (Phi) is 2.09.